The van der Waals surface area contributed by atoms with E-state index in [1.165, 1.54) is 13.2 Å². The van der Waals surface area contributed by atoms with Crippen molar-refractivity contribution >= 4 is 16.7 Å². The van der Waals surface area contributed by atoms with Gasteiger partial charge in [-0.3, -0.25) is 0 Å². The van der Waals surface area contributed by atoms with E-state index in [4.69, 9.17) is 9.84 Å². The minimum Gasteiger partial charge on any atom is -0.508 e. The molecule has 0 aromatic heterocycles. The van der Waals surface area contributed by atoms with E-state index in [9.17, 15) is 9.90 Å². The van der Waals surface area contributed by atoms with Gasteiger partial charge in [0.15, 0.2) is 0 Å². The van der Waals surface area contributed by atoms with Crippen LogP contribution in [0.1, 0.15) is 10.4 Å². The Kier molecular flexibility index (Phi) is 3.43. The van der Waals surface area contributed by atoms with Crippen molar-refractivity contribution in [2.24, 2.45) is 0 Å². The molecule has 0 aliphatic rings. The van der Waals surface area contributed by atoms with Gasteiger partial charge in [-0.05, 0) is 52.7 Å². The molecule has 2 N–H and O–H groups in total. The number of phenols is 1. The second-order valence-electron chi connectivity index (χ2n) is 4.97. The number of carbonyl (C=O) groups is 1. The summed E-state index contributed by atoms with van der Waals surface area (Å²) in [7, 11) is 1.52. The zero-order valence-corrected chi connectivity index (χ0v) is 11.9. The van der Waals surface area contributed by atoms with Crippen molar-refractivity contribution in [3.8, 4) is 22.6 Å². The molecule has 0 aliphatic heterocycles. The van der Waals surface area contributed by atoms with Crippen molar-refractivity contribution in [2.75, 3.05) is 7.11 Å². The normalized spacial score (nSPS) is 10.6. The first-order chi connectivity index (χ1) is 10.6. The van der Waals surface area contributed by atoms with Gasteiger partial charge in [0.2, 0.25) is 0 Å². The topological polar surface area (TPSA) is 66.8 Å². The summed E-state index contributed by atoms with van der Waals surface area (Å²) in [5, 5.41) is 20.5. The molecule has 0 fully saturated rings. The lowest BCUT2D eigenvalue weighted by molar-refractivity contribution is 0.0696. The van der Waals surface area contributed by atoms with E-state index in [2.05, 4.69) is 0 Å². The molecule has 0 atom stereocenters. The molecular formula is C18H14O4. The van der Waals surface area contributed by atoms with Gasteiger partial charge in [-0.2, -0.15) is 0 Å². The van der Waals surface area contributed by atoms with E-state index in [0.29, 0.717) is 5.75 Å². The summed E-state index contributed by atoms with van der Waals surface area (Å²) < 4.78 is 5.32. The first-order valence-electron chi connectivity index (χ1n) is 6.73. The van der Waals surface area contributed by atoms with Gasteiger partial charge in [0.05, 0.1) is 12.7 Å². The van der Waals surface area contributed by atoms with Crippen LogP contribution in [0.25, 0.3) is 21.9 Å². The maximum Gasteiger partial charge on any atom is 0.335 e. The van der Waals surface area contributed by atoms with Gasteiger partial charge in [0.25, 0.3) is 0 Å². The Morgan fingerprint density at radius 3 is 2.41 bits per heavy atom. The molecule has 0 spiro atoms. The van der Waals surface area contributed by atoms with Gasteiger partial charge in [-0.1, -0.05) is 18.2 Å². The molecular weight excluding hydrogens is 280 g/mol. The molecule has 0 heterocycles. The SMILES string of the molecule is COc1cc(C(=O)O)ccc1-c1ccc2cc(O)ccc2c1. The summed E-state index contributed by atoms with van der Waals surface area (Å²) in [4.78, 5) is 11.0. The van der Waals surface area contributed by atoms with Gasteiger partial charge in [0.1, 0.15) is 11.5 Å². The van der Waals surface area contributed by atoms with Crippen LogP contribution in [0.3, 0.4) is 0 Å². The lowest BCUT2D eigenvalue weighted by Crippen LogP contribution is -1.98. The lowest BCUT2D eigenvalue weighted by Gasteiger charge is -2.10. The fourth-order valence-electron chi connectivity index (χ4n) is 2.46. The number of hydrogen-bond donors (Lipinski definition) is 2. The van der Waals surface area contributed by atoms with Crippen LogP contribution in [0.2, 0.25) is 0 Å². The fraction of sp³-hybridized carbons (Fsp3) is 0.0556. The largest absolute Gasteiger partial charge is 0.508 e. The Hall–Kier alpha value is -3.01. The molecule has 3 aromatic carbocycles. The molecule has 0 aliphatic carbocycles. The van der Waals surface area contributed by atoms with Crippen LogP contribution >= 0.6 is 0 Å². The quantitative estimate of drug-likeness (QED) is 0.768. The zero-order valence-electron chi connectivity index (χ0n) is 11.9. The molecule has 0 bridgehead atoms. The highest BCUT2D eigenvalue weighted by molar-refractivity contribution is 5.92. The summed E-state index contributed by atoms with van der Waals surface area (Å²) in [6, 6.07) is 15.8. The van der Waals surface area contributed by atoms with Gasteiger partial charge < -0.3 is 14.9 Å². The number of benzene rings is 3. The standard InChI is InChI=1S/C18H14O4/c1-22-17-10-14(18(20)21)5-7-16(17)13-3-2-12-9-15(19)6-4-11(12)8-13/h2-10,19H,1H3,(H,20,21). The summed E-state index contributed by atoms with van der Waals surface area (Å²) in [5.74, 6) is -0.250. The van der Waals surface area contributed by atoms with Gasteiger partial charge in [0, 0.05) is 5.56 Å². The van der Waals surface area contributed by atoms with Crippen LogP contribution in [0, 0.1) is 0 Å². The number of aromatic carboxylic acids is 1. The number of ether oxygens (including phenoxy) is 1. The number of aromatic hydroxyl groups is 1. The van der Waals surface area contributed by atoms with Crippen LogP contribution in [-0.4, -0.2) is 23.3 Å². The maximum absolute atomic E-state index is 11.0. The number of phenolic OH excluding ortho intramolecular Hbond substituents is 1. The molecule has 3 aromatic rings. The summed E-state index contributed by atoms with van der Waals surface area (Å²) in [6.45, 7) is 0. The Morgan fingerprint density at radius 1 is 0.955 bits per heavy atom. The third-order valence-electron chi connectivity index (χ3n) is 3.58. The maximum atomic E-state index is 11.0. The number of rotatable bonds is 3. The van der Waals surface area contributed by atoms with Crippen molar-refractivity contribution < 1.29 is 19.7 Å². The van der Waals surface area contributed by atoms with Gasteiger partial charge in [-0.25, -0.2) is 4.79 Å². The number of methoxy groups -OCH3 is 1. The van der Waals surface area contributed by atoms with Crippen molar-refractivity contribution in [3.05, 3.63) is 60.2 Å². The molecule has 110 valence electrons. The number of carboxylic acids is 1. The molecule has 0 saturated heterocycles. The highest BCUT2D eigenvalue weighted by Crippen LogP contribution is 2.33. The summed E-state index contributed by atoms with van der Waals surface area (Å²) >= 11 is 0. The molecule has 3 rings (SSSR count). The first-order valence-corrected chi connectivity index (χ1v) is 6.73. The molecule has 4 nitrogen and oxygen atoms in total. The van der Waals surface area contributed by atoms with Crippen LogP contribution in [0.15, 0.2) is 54.6 Å². The summed E-state index contributed by atoms with van der Waals surface area (Å²) in [6.07, 6.45) is 0. The van der Waals surface area contributed by atoms with Gasteiger partial charge in [-0.15, -0.1) is 0 Å². The molecule has 0 radical (unpaired) electrons. The van der Waals surface area contributed by atoms with E-state index < -0.39 is 5.97 Å². The third-order valence-corrected chi connectivity index (χ3v) is 3.58. The van der Waals surface area contributed by atoms with Gasteiger partial charge >= 0.3 is 5.97 Å². The average Bonchev–Trinajstić information content (AvgIpc) is 2.53. The second kappa shape index (κ2) is 5.41. The minimum absolute atomic E-state index is 0.186. The minimum atomic E-state index is -0.987. The van der Waals surface area contributed by atoms with Crippen LogP contribution in [-0.2, 0) is 0 Å². The molecule has 4 heteroatoms. The predicted octanol–water partition coefficient (Wildman–Crippen LogP) is 3.92. The Morgan fingerprint density at radius 2 is 1.68 bits per heavy atom. The lowest BCUT2D eigenvalue weighted by atomic mass is 9.99. The van der Waals surface area contributed by atoms with E-state index in [0.717, 1.165) is 21.9 Å². The average molecular weight is 294 g/mol. The smallest absolute Gasteiger partial charge is 0.335 e. The van der Waals surface area contributed by atoms with E-state index in [-0.39, 0.29) is 11.3 Å². The van der Waals surface area contributed by atoms with Crippen molar-refractivity contribution in [1.29, 1.82) is 0 Å². The van der Waals surface area contributed by atoms with Crippen LogP contribution in [0.4, 0.5) is 0 Å². The molecule has 0 saturated carbocycles. The predicted molar refractivity (Wildman–Crippen MR) is 84.6 cm³/mol. The summed E-state index contributed by atoms with van der Waals surface area (Å²) in [5.41, 5.74) is 1.93. The van der Waals surface area contributed by atoms with Crippen molar-refractivity contribution in [1.82, 2.24) is 0 Å². The fourth-order valence-corrected chi connectivity index (χ4v) is 2.46. The molecule has 0 amide bonds. The number of carboxylic acid groups (broad SMARTS) is 1. The zero-order chi connectivity index (χ0) is 15.7. The number of hydrogen-bond acceptors (Lipinski definition) is 3. The molecule has 22 heavy (non-hydrogen) atoms. The monoisotopic (exact) mass is 294 g/mol. The van der Waals surface area contributed by atoms with E-state index >= 15 is 0 Å². The highest BCUT2D eigenvalue weighted by Gasteiger charge is 2.11. The van der Waals surface area contributed by atoms with Crippen molar-refractivity contribution in [2.45, 2.75) is 0 Å². The van der Waals surface area contributed by atoms with Crippen molar-refractivity contribution in [3.63, 3.8) is 0 Å². The number of fused-ring (bicyclic) bond motifs is 1. The molecule has 0 unspecified atom stereocenters. The third kappa shape index (κ3) is 2.46. The Bertz CT molecular complexity index is 868. The highest BCUT2D eigenvalue weighted by atomic mass is 16.5. The Labute approximate surface area is 127 Å². The van der Waals surface area contributed by atoms with E-state index in [1.807, 2.05) is 24.3 Å². The first kappa shape index (κ1) is 13.9. The van der Waals surface area contributed by atoms with Crippen LogP contribution in [0.5, 0.6) is 11.5 Å². The van der Waals surface area contributed by atoms with E-state index in [1.54, 1.807) is 24.3 Å². The second-order valence-corrected chi connectivity index (χ2v) is 4.97. The Balaban J connectivity index is 2.14. The van der Waals surface area contributed by atoms with Crippen LogP contribution < -0.4 is 4.74 Å².